The molecule has 0 fully saturated rings. The molecule has 0 bridgehead atoms. The van der Waals surface area contributed by atoms with Crippen LogP contribution >= 0.6 is 11.6 Å². The second-order valence-corrected chi connectivity index (χ2v) is 3.86. The van der Waals surface area contributed by atoms with Crippen LogP contribution in [0.3, 0.4) is 0 Å². The third-order valence-corrected chi connectivity index (χ3v) is 2.56. The van der Waals surface area contributed by atoms with Crippen LogP contribution in [0.5, 0.6) is 0 Å². The van der Waals surface area contributed by atoms with E-state index in [0.717, 1.165) is 18.7 Å². The smallest absolute Gasteiger partial charge is 0.0992 e. The fourth-order valence-corrected chi connectivity index (χ4v) is 1.53. The van der Waals surface area contributed by atoms with Crippen LogP contribution in [0.1, 0.15) is 30.9 Å². The summed E-state index contributed by atoms with van der Waals surface area (Å²) in [4.78, 5) is 0. The van der Waals surface area contributed by atoms with Gasteiger partial charge in [-0.3, -0.25) is 0 Å². The Morgan fingerprint density at radius 2 is 2.27 bits per heavy atom. The Morgan fingerprint density at radius 3 is 2.87 bits per heavy atom. The molecule has 3 heteroatoms. The summed E-state index contributed by atoms with van der Waals surface area (Å²) >= 11 is 6.03. The molecule has 0 heterocycles. The zero-order valence-electron chi connectivity index (χ0n) is 8.89. The minimum absolute atomic E-state index is 0.609. The molecular weight excluding hydrogens is 208 g/mol. The van der Waals surface area contributed by atoms with Gasteiger partial charge in [0.15, 0.2) is 0 Å². The number of benzene rings is 1. The van der Waals surface area contributed by atoms with Crippen molar-refractivity contribution in [1.82, 2.24) is 5.32 Å². The number of unbranched alkanes of at least 4 members (excludes halogenated alkanes) is 1. The summed E-state index contributed by atoms with van der Waals surface area (Å²) in [6.45, 7) is 3.94. The van der Waals surface area contributed by atoms with E-state index >= 15 is 0 Å². The van der Waals surface area contributed by atoms with E-state index in [1.807, 2.05) is 6.07 Å². The van der Waals surface area contributed by atoms with Crippen LogP contribution in [0.2, 0.25) is 5.02 Å². The lowest BCUT2D eigenvalue weighted by atomic mass is 10.1. The standard InChI is InChI=1S/C12H15ClN2/c1-2-3-6-15-9-11-5-4-10(8-14)7-12(11)13/h4-5,7,15H,2-3,6,9H2,1H3. The molecule has 0 aliphatic heterocycles. The third kappa shape index (κ3) is 3.91. The van der Waals surface area contributed by atoms with Crippen LogP contribution in [0.25, 0.3) is 0 Å². The highest BCUT2D eigenvalue weighted by Gasteiger charge is 2.00. The van der Waals surface area contributed by atoms with Crippen molar-refractivity contribution < 1.29 is 0 Å². The van der Waals surface area contributed by atoms with Gasteiger partial charge in [0.25, 0.3) is 0 Å². The molecule has 1 aromatic carbocycles. The van der Waals surface area contributed by atoms with Crippen LogP contribution in [0.4, 0.5) is 0 Å². The number of hydrogen-bond donors (Lipinski definition) is 1. The first-order valence-corrected chi connectivity index (χ1v) is 5.55. The van der Waals surface area contributed by atoms with Crippen molar-refractivity contribution in [2.45, 2.75) is 26.3 Å². The fourth-order valence-electron chi connectivity index (χ4n) is 1.29. The number of nitriles is 1. The maximum absolute atomic E-state index is 8.67. The Morgan fingerprint density at radius 1 is 1.47 bits per heavy atom. The monoisotopic (exact) mass is 222 g/mol. The average molecular weight is 223 g/mol. The van der Waals surface area contributed by atoms with Gasteiger partial charge in [-0.05, 0) is 30.7 Å². The van der Waals surface area contributed by atoms with E-state index in [0.29, 0.717) is 10.6 Å². The van der Waals surface area contributed by atoms with Gasteiger partial charge in [-0.1, -0.05) is 31.0 Å². The first-order valence-electron chi connectivity index (χ1n) is 5.17. The van der Waals surface area contributed by atoms with Crippen molar-refractivity contribution in [2.24, 2.45) is 0 Å². The molecule has 15 heavy (non-hydrogen) atoms. The lowest BCUT2D eigenvalue weighted by molar-refractivity contribution is 0.641. The summed E-state index contributed by atoms with van der Waals surface area (Å²) in [6, 6.07) is 7.47. The summed E-state index contributed by atoms with van der Waals surface area (Å²) < 4.78 is 0. The van der Waals surface area contributed by atoms with E-state index in [4.69, 9.17) is 16.9 Å². The molecule has 0 saturated carbocycles. The predicted octanol–water partition coefficient (Wildman–Crippen LogP) is 3.10. The molecule has 0 amide bonds. The van der Waals surface area contributed by atoms with Crippen LogP contribution in [0.15, 0.2) is 18.2 Å². The van der Waals surface area contributed by atoms with E-state index in [1.165, 1.54) is 12.8 Å². The molecule has 80 valence electrons. The normalized spacial score (nSPS) is 9.93. The van der Waals surface area contributed by atoms with Crippen molar-refractivity contribution in [3.05, 3.63) is 34.3 Å². The molecule has 0 atom stereocenters. The Balaban J connectivity index is 2.52. The number of nitrogens with zero attached hydrogens (tertiary/aromatic N) is 1. The lowest BCUT2D eigenvalue weighted by Crippen LogP contribution is -2.14. The maximum atomic E-state index is 8.67. The second-order valence-electron chi connectivity index (χ2n) is 3.45. The maximum Gasteiger partial charge on any atom is 0.0992 e. The van der Waals surface area contributed by atoms with Crippen LogP contribution < -0.4 is 5.32 Å². The molecule has 0 aliphatic carbocycles. The summed E-state index contributed by atoms with van der Waals surface area (Å²) in [5.41, 5.74) is 1.66. The topological polar surface area (TPSA) is 35.8 Å². The van der Waals surface area contributed by atoms with E-state index in [9.17, 15) is 0 Å². The van der Waals surface area contributed by atoms with E-state index in [-0.39, 0.29) is 0 Å². The zero-order valence-corrected chi connectivity index (χ0v) is 9.64. The number of nitrogens with one attached hydrogen (secondary N) is 1. The average Bonchev–Trinajstić information content (AvgIpc) is 2.26. The third-order valence-electron chi connectivity index (χ3n) is 2.20. The predicted molar refractivity (Wildman–Crippen MR) is 62.8 cm³/mol. The van der Waals surface area contributed by atoms with Gasteiger partial charge >= 0.3 is 0 Å². The Hall–Kier alpha value is -1.04. The summed E-state index contributed by atoms with van der Waals surface area (Å²) in [5, 5.41) is 12.7. The molecule has 0 aromatic heterocycles. The minimum atomic E-state index is 0.609. The lowest BCUT2D eigenvalue weighted by Gasteiger charge is -2.06. The molecule has 2 nitrogen and oxygen atoms in total. The van der Waals surface area contributed by atoms with Crippen LogP contribution in [0, 0.1) is 11.3 Å². The largest absolute Gasteiger partial charge is 0.313 e. The quantitative estimate of drug-likeness (QED) is 0.778. The molecular formula is C12H15ClN2. The Kier molecular flexibility index (Phi) is 5.17. The first kappa shape index (κ1) is 12.0. The first-order chi connectivity index (χ1) is 7.27. The van der Waals surface area contributed by atoms with Gasteiger partial charge in [-0.2, -0.15) is 5.26 Å². The van der Waals surface area contributed by atoms with Gasteiger partial charge in [0.2, 0.25) is 0 Å². The Labute approximate surface area is 95.9 Å². The highest BCUT2D eigenvalue weighted by Crippen LogP contribution is 2.17. The van der Waals surface area contributed by atoms with Crippen molar-refractivity contribution in [2.75, 3.05) is 6.54 Å². The molecule has 1 N–H and O–H groups in total. The molecule has 0 unspecified atom stereocenters. The van der Waals surface area contributed by atoms with Crippen molar-refractivity contribution in [1.29, 1.82) is 5.26 Å². The van der Waals surface area contributed by atoms with E-state index in [2.05, 4.69) is 18.3 Å². The van der Waals surface area contributed by atoms with Gasteiger partial charge in [-0.15, -0.1) is 0 Å². The van der Waals surface area contributed by atoms with Crippen LogP contribution in [-0.2, 0) is 6.54 Å². The van der Waals surface area contributed by atoms with Gasteiger partial charge in [0.1, 0.15) is 0 Å². The number of rotatable bonds is 5. The molecule has 0 saturated heterocycles. The second kappa shape index (κ2) is 6.44. The summed E-state index contributed by atoms with van der Waals surface area (Å²) in [5.74, 6) is 0. The number of hydrogen-bond acceptors (Lipinski definition) is 2. The van der Waals surface area contributed by atoms with E-state index < -0.39 is 0 Å². The van der Waals surface area contributed by atoms with Gasteiger partial charge in [0.05, 0.1) is 11.6 Å². The summed E-state index contributed by atoms with van der Waals surface area (Å²) in [6.07, 6.45) is 2.36. The van der Waals surface area contributed by atoms with Crippen LogP contribution in [-0.4, -0.2) is 6.54 Å². The van der Waals surface area contributed by atoms with Gasteiger partial charge < -0.3 is 5.32 Å². The highest BCUT2D eigenvalue weighted by atomic mass is 35.5. The van der Waals surface area contributed by atoms with Gasteiger partial charge in [0, 0.05) is 11.6 Å². The molecule has 0 radical (unpaired) electrons. The highest BCUT2D eigenvalue weighted by molar-refractivity contribution is 6.31. The SMILES string of the molecule is CCCCNCc1ccc(C#N)cc1Cl. The molecule has 0 spiro atoms. The van der Waals surface area contributed by atoms with Crippen molar-refractivity contribution in [3.8, 4) is 6.07 Å². The fraction of sp³-hybridized carbons (Fsp3) is 0.417. The molecule has 1 aromatic rings. The van der Waals surface area contributed by atoms with Crippen molar-refractivity contribution >= 4 is 11.6 Å². The van der Waals surface area contributed by atoms with E-state index in [1.54, 1.807) is 12.1 Å². The van der Waals surface area contributed by atoms with Gasteiger partial charge in [-0.25, -0.2) is 0 Å². The minimum Gasteiger partial charge on any atom is -0.313 e. The summed E-state index contributed by atoms with van der Waals surface area (Å²) in [7, 11) is 0. The number of halogens is 1. The molecule has 0 aliphatic rings. The molecule has 1 rings (SSSR count). The van der Waals surface area contributed by atoms with Crippen molar-refractivity contribution in [3.63, 3.8) is 0 Å². The zero-order chi connectivity index (χ0) is 11.1. The Bertz CT molecular complexity index is 355.